The van der Waals surface area contributed by atoms with Crippen LogP contribution >= 0.6 is 15.9 Å². The van der Waals surface area contributed by atoms with E-state index in [4.69, 9.17) is 4.74 Å². The van der Waals surface area contributed by atoms with Crippen LogP contribution in [0.1, 0.15) is 32.1 Å². The average Bonchev–Trinajstić information content (AvgIpc) is 2.54. The van der Waals surface area contributed by atoms with E-state index in [0.29, 0.717) is 18.3 Å². The molecule has 1 fully saturated rings. The molecule has 0 heterocycles. The Labute approximate surface area is 149 Å². The highest BCUT2D eigenvalue weighted by Gasteiger charge is 2.15. The third-order valence-electron chi connectivity index (χ3n) is 3.98. The van der Waals surface area contributed by atoms with E-state index in [1.165, 1.54) is 32.1 Å². The first-order valence-electron chi connectivity index (χ1n) is 8.13. The molecule has 0 aliphatic heterocycles. The third-order valence-corrected chi connectivity index (χ3v) is 5.68. The lowest BCUT2D eigenvalue weighted by atomic mass is 9.89. The standard InChI is InChI=1S/C17H24BrNO3S/c18-15-7-4-8-16(11-15)22-9-10-23(21)13-17(20)19-12-14-5-2-1-3-6-14/h4,7-8,11,14H,1-3,5-6,9-10,12-13H2,(H,19,20). The van der Waals surface area contributed by atoms with Gasteiger partial charge in [0, 0.05) is 21.8 Å². The van der Waals surface area contributed by atoms with Crippen molar-refractivity contribution < 1.29 is 13.7 Å². The Morgan fingerprint density at radius 2 is 2.09 bits per heavy atom. The van der Waals surface area contributed by atoms with Gasteiger partial charge in [-0.3, -0.25) is 9.00 Å². The fraction of sp³-hybridized carbons (Fsp3) is 0.588. The van der Waals surface area contributed by atoms with Crippen LogP contribution in [0.25, 0.3) is 0 Å². The molecule has 1 saturated carbocycles. The summed E-state index contributed by atoms with van der Waals surface area (Å²) in [5.74, 6) is 1.65. The van der Waals surface area contributed by atoms with Crippen LogP contribution in [0.2, 0.25) is 0 Å². The van der Waals surface area contributed by atoms with E-state index < -0.39 is 10.8 Å². The number of amides is 1. The Balaban J connectivity index is 1.59. The molecule has 0 aromatic heterocycles. The number of carbonyl (C=O) groups excluding carboxylic acids is 1. The lowest BCUT2D eigenvalue weighted by Gasteiger charge is -2.21. The molecular formula is C17H24BrNO3S. The molecule has 23 heavy (non-hydrogen) atoms. The Bertz CT molecular complexity index is 532. The SMILES string of the molecule is O=C(CS(=O)CCOc1cccc(Br)c1)NCC1CCCCC1. The molecule has 4 nitrogen and oxygen atoms in total. The summed E-state index contributed by atoms with van der Waals surface area (Å²) in [5, 5.41) is 2.92. The number of nitrogens with one attached hydrogen (secondary N) is 1. The average molecular weight is 402 g/mol. The molecule has 1 N–H and O–H groups in total. The van der Waals surface area contributed by atoms with E-state index >= 15 is 0 Å². The predicted molar refractivity (Wildman–Crippen MR) is 97.1 cm³/mol. The minimum Gasteiger partial charge on any atom is -0.493 e. The first-order valence-corrected chi connectivity index (χ1v) is 10.4. The van der Waals surface area contributed by atoms with Gasteiger partial charge in [0.2, 0.25) is 5.91 Å². The second-order valence-corrected chi connectivity index (χ2v) is 8.39. The molecule has 6 heteroatoms. The summed E-state index contributed by atoms with van der Waals surface area (Å²) in [6.07, 6.45) is 6.24. The van der Waals surface area contributed by atoms with Crippen LogP contribution in [0.15, 0.2) is 28.7 Å². The number of benzene rings is 1. The van der Waals surface area contributed by atoms with Crippen molar-refractivity contribution in [3.63, 3.8) is 0 Å². The molecule has 0 saturated heterocycles. The van der Waals surface area contributed by atoms with Crippen LogP contribution in [0.4, 0.5) is 0 Å². The molecule has 0 radical (unpaired) electrons. The molecule has 1 aromatic rings. The minimum atomic E-state index is -1.18. The largest absolute Gasteiger partial charge is 0.493 e. The van der Waals surface area contributed by atoms with Gasteiger partial charge < -0.3 is 10.1 Å². The molecule has 0 spiro atoms. The Morgan fingerprint density at radius 3 is 2.83 bits per heavy atom. The van der Waals surface area contributed by atoms with Gasteiger partial charge in [0.05, 0.1) is 12.4 Å². The molecule has 1 atom stereocenters. The van der Waals surface area contributed by atoms with E-state index in [-0.39, 0.29) is 11.7 Å². The molecule has 128 valence electrons. The van der Waals surface area contributed by atoms with Crippen molar-refractivity contribution >= 4 is 32.6 Å². The maximum absolute atomic E-state index is 11.9. The molecule has 2 rings (SSSR count). The lowest BCUT2D eigenvalue weighted by molar-refractivity contribution is -0.118. The zero-order chi connectivity index (χ0) is 16.5. The predicted octanol–water partition coefficient (Wildman–Crippen LogP) is 3.27. The van der Waals surface area contributed by atoms with Crippen LogP contribution in [0.5, 0.6) is 5.75 Å². The maximum atomic E-state index is 11.9. The lowest BCUT2D eigenvalue weighted by Crippen LogP contribution is -2.34. The highest BCUT2D eigenvalue weighted by atomic mass is 79.9. The van der Waals surface area contributed by atoms with Crippen LogP contribution < -0.4 is 10.1 Å². The van der Waals surface area contributed by atoms with Crippen LogP contribution in [0, 0.1) is 5.92 Å². The second kappa shape index (κ2) is 10.1. The monoisotopic (exact) mass is 401 g/mol. The van der Waals surface area contributed by atoms with Gasteiger partial charge in [-0.2, -0.15) is 0 Å². The van der Waals surface area contributed by atoms with Gasteiger partial charge in [-0.1, -0.05) is 41.3 Å². The number of halogens is 1. The van der Waals surface area contributed by atoms with E-state index in [2.05, 4.69) is 21.2 Å². The smallest absolute Gasteiger partial charge is 0.232 e. The first-order chi connectivity index (χ1) is 11.1. The van der Waals surface area contributed by atoms with E-state index in [0.717, 1.165) is 16.8 Å². The number of hydrogen-bond donors (Lipinski definition) is 1. The van der Waals surface area contributed by atoms with Gasteiger partial charge in [0.1, 0.15) is 11.5 Å². The van der Waals surface area contributed by atoms with Gasteiger partial charge in [-0.15, -0.1) is 0 Å². The minimum absolute atomic E-state index is 0.0641. The fourth-order valence-electron chi connectivity index (χ4n) is 2.73. The molecule has 1 aliphatic rings. The fourth-order valence-corrected chi connectivity index (χ4v) is 3.91. The molecule has 1 unspecified atom stereocenters. The zero-order valence-electron chi connectivity index (χ0n) is 13.3. The summed E-state index contributed by atoms with van der Waals surface area (Å²) in [7, 11) is -1.18. The summed E-state index contributed by atoms with van der Waals surface area (Å²) in [6, 6.07) is 7.51. The third kappa shape index (κ3) is 7.48. The summed E-state index contributed by atoms with van der Waals surface area (Å²) >= 11 is 3.37. The van der Waals surface area contributed by atoms with Crippen molar-refractivity contribution in [2.24, 2.45) is 5.92 Å². The van der Waals surface area contributed by atoms with Gasteiger partial charge >= 0.3 is 0 Å². The number of hydrogen-bond acceptors (Lipinski definition) is 3. The van der Waals surface area contributed by atoms with Crippen molar-refractivity contribution in [3.05, 3.63) is 28.7 Å². The van der Waals surface area contributed by atoms with Crippen LogP contribution in [-0.4, -0.2) is 34.8 Å². The summed E-state index contributed by atoms with van der Waals surface area (Å²) in [4.78, 5) is 11.8. The number of carbonyl (C=O) groups is 1. The summed E-state index contributed by atoms with van der Waals surface area (Å²) in [5.41, 5.74) is 0. The van der Waals surface area contributed by atoms with Gasteiger partial charge in [-0.25, -0.2) is 0 Å². The first kappa shape index (κ1) is 18.5. The summed E-state index contributed by atoms with van der Waals surface area (Å²) < 4.78 is 18.4. The van der Waals surface area contributed by atoms with E-state index in [9.17, 15) is 9.00 Å². The van der Waals surface area contributed by atoms with Gasteiger partial charge in [-0.05, 0) is 37.0 Å². The van der Waals surface area contributed by atoms with Gasteiger partial charge in [0.15, 0.2) is 0 Å². The van der Waals surface area contributed by atoms with Gasteiger partial charge in [0.25, 0.3) is 0 Å². The summed E-state index contributed by atoms with van der Waals surface area (Å²) in [6.45, 7) is 1.07. The maximum Gasteiger partial charge on any atom is 0.232 e. The Morgan fingerprint density at radius 1 is 1.30 bits per heavy atom. The topological polar surface area (TPSA) is 55.4 Å². The van der Waals surface area contributed by atoms with Crippen LogP contribution in [-0.2, 0) is 15.6 Å². The normalized spacial score (nSPS) is 16.7. The highest BCUT2D eigenvalue weighted by molar-refractivity contribution is 9.10. The highest BCUT2D eigenvalue weighted by Crippen LogP contribution is 2.22. The molecule has 1 aliphatic carbocycles. The molecule has 0 bridgehead atoms. The number of ether oxygens (including phenoxy) is 1. The Hall–Kier alpha value is -0.880. The quantitative estimate of drug-likeness (QED) is 0.726. The van der Waals surface area contributed by atoms with E-state index in [1.807, 2.05) is 24.3 Å². The van der Waals surface area contributed by atoms with Crippen molar-refractivity contribution in [2.45, 2.75) is 32.1 Å². The number of rotatable bonds is 8. The zero-order valence-corrected chi connectivity index (χ0v) is 15.7. The second-order valence-electron chi connectivity index (χ2n) is 5.90. The molecule has 1 aromatic carbocycles. The van der Waals surface area contributed by atoms with Crippen LogP contribution in [0.3, 0.4) is 0 Å². The van der Waals surface area contributed by atoms with Crippen molar-refractivity contribution in [1.82, 2.24) is 5.32 Å². The Kier molecular flexibility index (Phi) is 8.09. The van der Waals surface area contributed by atoms with Crippen molar-refractivity contribution in [2.75, 3.05) is 24.7 Å². The van der Waals surface area contributed by atoms with Crippen molar-refractivity contribution in [3.8, 4) is 5.75 Å². The molecule has 1 amide bonds. The van der Waals surface area contributed by atoms with Crippen molar-refractivity contribution in [1.29, 1.82) is 0 Å². The van der Waals surface area contributed by atoms with E-state index in [1.54, 1.807) is 0 Å². The molecular weight excluding hydrogens is 378 g/mol.